The van der Waals surface area contributed by atoms with Crippen LogP contribution in [0, 0.1) is 0 Å². The largest absolute Gasteiger partial charge is 0.377 e. The molecule has 0 aliphatic heterocycles. The molecule has 0 fully saturated rings. The molecule has 0 bridgehead atoms. The first-order valence-electron chi connectivity index (χ1n) is 4.10. The van der Waals surface area contributed by atoms with E-state index in [1.54, 1.807) is 18.8 Å². The van der Waals surface area contributed by atoms with Gasteiger partial charge in [0.1, 0.15) is 6.33 Å². The second-order valence-corrected chi connectivity index (χ2v) is 3.62. The number of rotatable bonds is 3. The van der Waals surface area contributed by atoms with Crippen molar-refractivity contribution in [2.24, 2.45) is 7.05 Å². The first-order valence-corrected chi connectivity index (χ1v) is 4.10. The van der Waals surface area contributed by atoms with Crippen LogP contribution in [0.5, 0.6) is 0 Å². The van der Waals surface area contributed by atoms with Crippen LogP contribution in [-0.2, 0) is 18.3 Å². The van der Waals surface area contributed by atoms with Crippen LogP contribution in [-0.4, -0.2) is 27.1 Å². The first-order chi connectivity index (χ1) is 5.96. The lowest BCUT2D eigenvalue weighted by Gasteiger charge is -2.23. The quantitative estimate of drug-likeness (QED) is 0.666. The lowest BCUT2D eigenvalue weighted by Crippen LogP contribution is -2.36. The molecule has 0 saturated heterocycles. The third kappa shape index (κ3) is 2.18. The molecule has 13 heavy (non-hydrogen) atoms. The summed E-state index contributed by atoms with van der Waals surface area (Å²) in [7, 11) is 3.40. The molecule has 1 aromatic rings. The Bertz CT molecular complexity index is 337. The minimum atomic E-state index is -0.350. The smallest absolute Gasteiger partial charge is 0.363 e. The van der Waals surface area contributed by atoms with Gasteiger partial charge in [-0.3, -0.25) is 4.68 Å². The zero-order valence-electron chi connectivity index (χ0n) is 8.44. The standard InChI is InChI=1S/C8H15N3O2/c1-8(2,13-4)5-11-7(12)9-6-10(11)3/h6H,5H2,1-4H3. The Kier molecular flexibility index (Phi) is 2.56. The second-order valence-electron chi connectivity index (χ2n) is 3.62. The van der Waals surface area contributed by atoms with Crippen molar-refractivity contribution in [3.05, 3.63) is 16.8 Å². The Morgan fingerprint density at radius 1 is 1.62 bits per heavy atom. The summed E-state index contributed by atoms with van der Waals surface area (Å²) >= 11 is 0. The van der Waals surface area contributed by atoms with E-state index in [0.29, 0.717) is 6.54 Å². The zero-order chi connectivity index (χ0) is 10.1. The van der Waals surface area contributed by atoms with Crippen LogP contribution in [0.2, 0.25) is 0 Å². The highest BCUT2D eigenvalue weighted by Crippen LogP contribution is 2.08. The molecule has 0 aromatic carbocycles. The molecular weight excluding hydrogens is 170 g/mol. The molecule has 1 rings (SSSR count). The lowest BCUT2D eigenvalue weighted by atomic mass is 10.1. The zero-order valence-corrected chi connectivity index (χ0v) is 8.44. The van der Waals surface area contributed by atoms with Crippen molar-refractivity contribution in [3.8, 4) is 0 Å². The van der Waals surface area contributed by atoms with E-state index >= 15 is 0 Å². The minimum Gasteiger partial charge on any atom is -0.377 e. The fraction of sp³-hybridized carbons (Fsp3) is 0.750. The predicted octanol–water partition coefficient (Wildman–Crippen LogP) is 0.00680. The Labute approximate surface area is 76.9 Å². The van der Waals surface area contributed by atoms with Gasteiger partial charge in [0.05, 0.1) is 12.1 Å². The van der Waals surface area contributed by atoms with E-state index < -0.39 is 0 Å². The van der Waals surface area contributed by atoms with Gasteiger partial charge >= 0.3 is 5.69 Å². The molecule has 1 heterocycles. The van der Waals surface area contributed by atoms with Crippen molar-refractivity contribution in [2.75, 3.05) is 7.11 Å². The molecule has 5 nitrogen and oxygen atoms in total. The summed E-state index contributed by atoms with van der Waals surface area (Å²) < 4.78 is 8.41. The average molecular weight is 185 g/mol. The van der Waals surface area contributed by atoms with Gasteiger partial charge in [-0.1, -0.05) is 0 Å². The molecule has 0 atom stereocenters. The molecule has 74 valence electrons. The fourth-order valence-corrected chi connectivity index (χ4v) is 1.00. The summed E-state index contributed by atoms with van der Waals surface area (Å²) in [5.74, 6) is 0. The number of aromatic nitrogens is 3. The van der Waals surface area contributed by atoms with Gasteiger partial charge in [-0.15, -0.1) is 0 Å². The first kappa shape index (κ1) is 9.98. The van der Waals surface area contributed by atoms with Gasteiger partial charge in [0, 0.05) is 14.2 Å². The summed E-state index contributed by atoms with van der Waals surface area (Å²) in [6.07, 6.45) is 1.49. The highest BCUT2D eigenvalue weighted by Gasteiger charge is 2.19. The third-order valence-corrected chi connectivity index (χ3v) is 2.02. The molecule has 5 heteroatoms. The van der Waals surface area contributed by atoms with Crippen LogP contribution in [0.3, 0.4) is 0 Å². The summed E-state index contributed by atoms with van der Waals surface area (Å²) in [5.41, 5.74) is -0.593. The average Bonchev–Trinajstić information content (AvgIpc) is 2.36. The highest BCUT2D eigenvalue weighted by molar-refractivity contribution is 4.72. The summed E-state index contributed by atoms with van der Waals surface area (Å²) in [4.78, 5) is 14.9. The molecule has 0 unspecified atom stereocenters. The van der Waals surface area contributed by atoms with Gasteiger partial charge in [0.25, 0.3) is 0 Å². The van der Waals surface area contributed by atoms with Gasteiger partial charge in [-0.25, -0.2) is 9.48 Å². The Morgan fingerprint density at radius 2 is 2.23 bits per heavy atom. The van der Waals surface area contributed by atoms with Gasteiger partial charge in [0.2, 0.25) is 0 Å². The second kappa shape index (κ2) is 3.33. The summed E-state index contributed by atoms with van der Waals surface area (Å²) in [6.45, 7) is 4.34. The van der Waals surface area contributed by atoms with Crippen LogP contribution in [0.25, 0.3) is 0 Å². The molecule has 0 radical (unpaired) electrons. The normalized spacial score (nSPS) is 12.0. The van der Waals surface area contributed by atoms with Crippen molar-refractivity contribution in [1.29, 1.82) is 0 Å². The third-order valence-electron chi connectivity index (χ3n) is 2.02. The topological polar surface area (TPSA) is 49.1 Å². The van der Waals surface area contributed by atoms with Gasteiger partial charge in [0.15, 0.2) is 0 Å². The molecule has 1 aromatic heterocycles. The highest BCUT2D eigenvalue weighted by atomic mass is 16.5. The number of methoxy groups -OCH3 is 1. The Morgan fingerprint density at radius 3 is 2.62 bits per heavy atom. The molecular formula is C8H15N3O2. The Balaban J connectivity index is 2.92. The number of hydrogen-bond acceptors (Lipinski definition) is 3. The van der Waals surface area contributed by atoms with Gasteiger partial charge < -0.3 is 4.74 Å². The van der Waals surface area contributed by atoms with E-state index in [0.717, 1.165) is 0 Å². The summed E-state index contributed by atoms with van der Waals surface area (Å²) in [5, 5.41) is 0. The van der Waals surface area contributed by atoms with Crippen LogP contribution in [0.4, 0.5) is 0 Å². The number of nitrogens with zero attached hydrogens (tertiary/aromatic N) is 3. The maximum atomic E-state index is 11.2. The van der Waals surface area contributed by atoms with Crippen molar-refractivity contribution >= 4 is 0 Å². The number of ether oxygens (including phenoxy) is 1. The monoisotopic (exact) mass is 185 g/mol. The van der Waals surface area contributed by atoms with Crippen molar-refractivity contribution < 1.29 is 4.74 Å². The van der Waals surface area contributed by atoms with E-state index in [4.69, 9.17) is 4.74 Å². The summed E-state index contributed by atoms with van der Waals surface area (Å²) in [6, 6.07) is 0. The van der Waals surface area contributed by atoms with Crippen LogP contribution >= 0.6 is 0 Å². The van der Waals surface area contributed by atoms with Crippen molar-refractivity contribution in [3.63, 3.8) is 0 Å². The van der Waals surface area contributed by atoms with E-state index in [2.05, 4.69) is 4.98 Å². The minimum absolute atomic E-state index is 0.243. The fourth-order valence-electron chi connectivity index (χ4n) is 1.00. The molecule has 0 aliphatic rings. The number of hydrogen-bond donors (Lipinski definition) is 0. The van der Waals surface area contributed by atoms with Gasteiger partial charge in [-0.05, 0) is 13.8 Å². The Hall–Kier alpha value is -1.10. The van der Waals surface area contributed by atoms with E-state index in [1.807, 2.05) is 13.8 Å². The maximum Gasteiger partial charge on any atom is 0.363 e. The lowest BCUT2D eigenvalue weighted by molar-refractivity contribution is 0.00209. The van der Waals surface area contributed by atoms with Crippen LogP contribution in [0.1, 0.15) is 13.8 Å². The molecule has 0 N–H and O–H groups in total. The predicted molar refractivity (Wildman–Crippen MR) is 48.6 cm³/mol. The van der Waals surface area contributed by atoms with Crippen molar-refractivity contribution in [2.45, 2.75) is 26.0 Å². The van der Waals surface area contributed by atoms with Crippen LogP contribution in [0.15, 0.2) is 11.1 Å². The van der Waals surface area contributed by atoms with Gasteiger partial charge in [-0.2, -0.15) is 4.98 Å². The molecule has 0 aliphatic carbocycles. The SMILES string of the molecule is COC(C)(C)Cn1c(=O)ncn1C. The van der Waals surface area contributed by atoms with E-state index in [-0.39, 0.29) is 11.3 Å². The van der Waals surface area contributed by atoms with E-state index in [9.17, 15) is 4.79 Å². The number of aryl methyl sites for hydroxylation is 1. The van der Waals surface area contributed by atoms with Crippen molar-refractivity contribution in [1.82, 2.24) is 14.3 Å². The molecule has 0 saturated carbocycles. The van der Waals surface area contributed by atoms with Crippen LogP contribution < -0.4 is 5.69 Å². The molecule has 0 spiro atoms. The van der Waals surface area contributed by atoms with E-state index in [1.165, 1.54) is 11.0 Å². The molecule has 0 amide bonds. The maximum absolute atomic E-state index is 11.2.